The first-order valence-electron chi connectivity index (χ1n) is 6.30. The van der Waals surface area contributed by atoms with Crippen molar-refractivity contribution in [1.29, 1.82) is 0 Å². The molecule has 0 aliphatic carbocycles. The molecule has 0 bridgehead atoms. The van der Waals surface area contributed by atoms with Crippen molar-refractivity contribution < 1.29 is 14.3 Å². The molecule has 1 heterocycles. The van der Waals surface area contributed by atoms with Crippen LogP contribution in [0.2, 0.25) is 0 Å². The lowest BCUT2D eigenvalue weighted by Crippen LogP contribution is -2.01. The van der Waals surface area contributed by atoms with Crippen molar-refractivity contribution >= 4 is 27.8 Å². The van der Waals surface area contributed by atoms with Crippen LogP contribution in [0.1, 0.15) is 10.4 Å². The number of ether oxygens (including phenoxy) is 2. The number of methoxy groups -OCH3 is 2. The van der Waals surface area contributed by atoms with Gasteiger partial charge in [-0.15, -0.1) is 0 Å². The van der Waals surface area contributed by atoms with E-state index in [4.69, 9.17) is 9.47 Å². The molecule has 0 N–H and O–H groups in total. The number of hydrogen-bond acceptors (Lipinski definition) is 3. The predicted octanol–water partition coefficient (Wildman–Crippen LogP) is 3.13. The highest BCUT2D eigenvalue weighted by molar-refractivity contribution is 6.10. The van der Waals surface area contributed by atoms with E-state index in [1.165, 1.54) is 7.11 Å². The number of hydrogen-bond donors (Lipinski definition) is 0. The second-order valence-electron chi connectivity index (χ2n) is 4.67. The maximum atomic E-state index is 11.6. The molecular formula is C16H15NO3. The molecule has 0 saturated carbocycles. The van der Waals surface area contributed by atoms with Gasteiger partial charge in [0.2, 0.25) is 0 Å². The zero-order chi connectivity index (χ0) is 14.3. The van der Waals surface area contributed by atoms with Crippen LogP contribution in [0.15, 0.2) is 36.4 Å². The van der Waals surface area contributed by atoms with E-state index in [9.17, 15) is 4.79 Å². The molecule has 2 aromatic carbocycles. The molecular weight excluding hydrogens is 254 g/mol. The van der Waals surface area contributed by atoms with Gasteiger partial charge in [0.25, 0.3) is 0 Å². The molecule has 0 aliphatic rings. The summed E-state index contributed by atoms with van der Waals surface area (Å²) >= 11 is 0. The van der Waals surface area contributed by atoms with E-state index in [1.54, 1.807) is 13.2 Å². The molecule has 3 rings (SSSR count). The predicted molar refractivity (Wildman–Crippen MR) is 78.3 cm³/mol. The van der Waals surface area contributed by atoms with Crippen molar-refractivity contribution in [2.75, 3.05) is 14.2 Å². The SMILES string of the molecule is COC(=O)c1ccc2c3ccc(OC)cc3n(C)c2c1. The summed E-state index contributed by atoms with van der Waals surface area (Å²) in [6.45, 7) is 0. The Morgan fingerprint density at radius 3 is 2.30 bits per heavy atom. The highest BCUT2D eigenvalue weighted by Gasteiger charge is 2.12. The van der Waals surface area contributed by atoms with Crippen LogP contribution in [-0.4, -0.2) is 24.8 Å². The van der Waals surface area contributed by atoms with E-state index in [2.05, 4.69) is 4.57 Å². The molecule has 4 heteroatoms. The Morgan fingerprint density at radius 1 is 1.00 bits per heavy atom. The largest absolute Gasteiger partial charge is 0.497 e. The summed E-state index contributed by atoms with van der Waals surface area (Å²) in [6.07, 6.45) is 0. The van der Waals surface area contributed by atoms with Crippen LogP contribution in [0, 0.1) is 0 Å². The van der Waals surface area contributed by atoms with Crippen LogP contribution in [-0.2, 0) is 11.8 Å². The van der Waals surface area contributed by atoms with Crippen LogP contribution in [0.3, 0.4) is 0 Å². The molecule has 3 aromatic rings. The summed E-state index contributed by atoms with van der Waals surface area (Å²) in [4.78, 5) is 11.6. The first kappa shape index (κ1) is 12.5. The third-order valence-corrected chi connectivity index (χ3v) is 3.64. The van der Waals surface area contributed by atoms with E-state index in [1.807, 2.05) is 37.4 Å². The molecule has 0 aliphatic heterocycles. The number of aromatic nitrogens is 1. The summed E-state index contributed by atoms with van der Waals surface area (Å²) in [5.74, 6) is 0.492. The van der Waals surface area contributed by atoms with Crippen LogP contribution in [0.5, 0.6) is 5.75 Å². The van der Waals surface area contributed by atoms with E-state index in [-0.39, 0.29) is 5.97 Å². The van der Waals surface area contributed by atoms with Crippen LogP contribution >= 0.6 is 0 Å². The van der Waals surface area contributed by atoms with Gasteiger partial charge in [-0.05, 0) is 24.3 Å². The number of aryl methyl sites for hydroxylation is 1. The van der Waals surface area contributed by atoms with Gasteiger partial charge in [-0.1, -0.05) is 6.07 Å². The molecule has 0 radical (unpaired) electrons. The van der Waals surface area contributed by atoms with Crippen molar-refractivity contribution in [2.24, 2.45) is 7.05 Å². The molecule has 4 nitrogen and oxygen atoms in total. The summed E-state index contributed by atoms with van der Waals surface area (Å²) in [5.41, 5.74) is 2.62. The van der Waals surface area contributed by atoms with E-state index < -0.39 is 0 Å². The van der Waals surface area contributed by atoms with Crippen LogP contribution < -0.4 is 4.74 Å². The van der Waals surface area contributed by atoms with Gasteiger partial charge in [-0.25, -0.2) is 4.79 Å². The van der Waals surface area contributed by atoms with Gasteiger partial charge < -0.3 is 14.0 Å². The highest BCUT2D eigenvalue weighted by Crippen LogP contribution is 2.31. The molecule has 0 saturated heterocycles. The third kappa shape index (κ3) is 1.72. The lowest BCUT2D eigenvalue weighted by Gasteiger charge is -2.02. The molecule has 0 amide bonds. The quantitative estimate of drug-likeness (QED) is 0.671. The molecule has 0 unspecified atom stereocenters. The number of rotatable bonds is 2. The Bertz CT molecular complexity index is 817. The number of fused-ring (bicyclic) bond motifs is 3. The standard InChI is InChI=1S/C16H15NO3/c1-17-14-8-10(16(18)20-3)4-6-12(14)13-7-5-11(19-2)9-15(13)17/h4-9H,1-3H3. The summed E-state index contributed by atoms with van der Waals surface area (Å²) in [7, 11) is 5.02. The molecule has 0 atom stereocenters. The Kier molecular flexibility index (Phi) is 2.86. The van der Waals surface area contributed by atoms with Crippen molar-refractivity contribution in [1.82, 2.24) is 4.57 Å². The Labute approximate surface area is 116 Å². The topological polar surface area (TPSA) is 40.5 Å². The molecule has 1 aromatic heterocycles. The van der Waals surface area contributed by atoms with Gasteiger partial charge in [-0.2, -0.15) is 0 Å². The van der Waals surface area contributed by atoms with Crippen molar-refractivity contribution in [3.63, 3.8) is 0 Å². The van der Waals surface area contributed by atoms with E-state index in [0.29, 0.717) is 5.56 Å². The van der Waals surface area contributed by atoms with Gasteiger partial charge >= 0.3 is 5.97 Å². The summed E-state index contributed by atoms with van der Waals surface area (Å²) < 4.78 is 12.1. The second-order valence-corrected chi connectivity index (χ2v) is 4.67. The minimum Gasteiger partial charge on any atom is -0.497 e. The van der Waals surface area contributed by atoms with Gasteiger partial charge in [0, 0.05) is 29.4 Å². The number of carbonyl (C=O) groups excluding carboxylic acids is 1. The fourth-order valence-electron chi connectivity index (χ4n) is 2.56. The maximum Gasteiger partial charge on any atom is 0.337 e. The van der Waals surface area contributed by atoms with Gasteiger partial charge in [-0.3, -0.25) is 0 Å². The fraction of sp³-hybridized carbons (Fsp3) is 0.188. The monoisotopic (exact) mass is 269 g/mol. The van der Waals surface area contributed by atoms with E-state index >= 15 is 0 Å². The fourth-order valence-corrected chi connectivity index (χ4v) is 2.56. The average molecular weight is 269 g/mol. The minimum atomic E-state index is -0.324. The third-order valence-electron chi connectivity index (χ3n) is 3.64. The lowest BCUT2D eigenvalue weighted by molar-refractivity contribution is 0.0601. The van der Waals surface area contributed by atoms with Crippen molar-refractivity contribution in [2.45, 2.75) is 0 Å². The van der Waals surface area contributed by atoms with Crippen LogP contribution in [0.25, 0.3) is 21.8 Å². The van der Waals surface area contributed by atoms with E-state index in [0.717, 1.165) is 27.6 Å². The second kappa shape index (κ2) is 4.56. The average Bonchev–Trinajstić information content (AvgIpc) is 2.78. The Hall–Kier alpha value is -2.49. The van der Waals surface area contributed by atoms with Crippen molar-refractivity contribution in [3.8, 4) is 5.75 Å². The lowest BCUT2D eigenvalue weighted by atomic mass is 10.1. The smallest absolute Gasteiger partial charge is 0.337 e. The zero-order valence-electron chi connectivity index (χ0n) is 11.6. The zero-order valence-corrected chi connectivity index (χ0v) is 11.6. The molecule has 0 spiro atoms. The number of nitrogens with zero attached hydrogens (tertiary/aromatic N) is 1. The highest BCUT2D eigenvalue weighted by atomic mass is 16.5. The Morgan fingerprint density at radius 2 is 1.65 bits per heavy atom. The molecule has 0 fully saturated rings. The molecule has 20 heavy (non-hydrogen) atoms. The van der Waals surface area contributed by atoms with Gasteiger partial charge in [0.1, 0.15) is 5.75 Å². The summed E-state index contributed by atoms with van der Waals surface area (Å²) in [5, 5.41) is 2.25. The van der Waals surface area contributed by atoms with Gasteiger partial charge in [0.05, 0.1) is 25.3 Å². The minimum absolute atomic E-state index is 0.324. The number of esters is 1. The molecule has 102 valence electrons. The van der Waals surface area contributed by atoms with Crippen molar-refractivity contribution in [3.05, 3.63) is 42.0 Å². The van der Waals surface area contributed by atoms with Crippen LogP contribution in [0.4, 0.5) is 0 Å². The van der Waals surface area contributed by atoms with Gasteiger partial charge in [0.15, 0.2) is 0 Å². The normalized spacial score (nSPS) is 10.9. The first-order chi connectivity index (χ1) is 9.65. The maximum absolute atomic E-state index is 11.6. The number of benzene rings is 2. The Balaban J connectivity index is 2.33. The first-order valence-corrected chi connectivity index (χ1v) is 6.30. The number of carbonyl (C=O) groups is 1. The summed E-state index contributed by atoms with van der Waals surface area (Å²) in [6, 6.07) is 11.6.